The normalized spacial score (nSPS) is 24.9. The van der Waals surface area contributed by atoms with Gasteiger partial charge in [0.05, 0.1) is 5.52 Å². The summed E-state index contributed by atoms with van der Waals surface area (Å²) in [5.74, 6) is -0.0217. The molecule has 6 rings (SSSR count). The molecule has 3 amide bonds. The maximum absolute atomic E-state index is 13.3. The number of likely N-dealkylation sites (N-methyl/N-ethyl adjacent to an activating group) is 1. The van der Waals surface area contributed by atoms with E-state index in [0.29, 0.717) is 17.4 Å². The number of fused-ring (bicyclic) bond motifs is 4. The van der Waals surface area contributed by atoms with Gasteiger partial charge in [0, 0.05) is 42.3 Å². The Labute approximate surface area is 170 Å². The minimum absolute atomic E-state index is 0.0217. The number of piperidine rings is 2. The van der Waals surface area contributed by atoms with E-state index in [1.165, 1.54) is 12.8 Å². The van der Waals surface area contributed by atoms with Crippen LogP contribution in [0.5, 0.6) is 0 Å². The van der Waals surface area contributed by atoms with E-state index < -0.39 is 0 Å². The van der Waals surface area contributed by atoms with Crippen LogP contribution in [0.2, 0.25) is 0 Å². The average molecular weight is 396 g/mol. The summed E-state index contributed by atoms with van der Waals surface area (Å²) in [6.07, 6.45) is 6.63. The van der Waals surface area contributed by atoms with Crippen molar-refractivity contribution in [1.82, 2.24) is 25.3 Å². The number of aromatic nitrogens is 2. The predicted molar refractivity (Wildman–Crippen MR) is 111 cm³/mol. The largest absolute Gasteiger partial charge is 0.335 e. The summed E-state index contributed by atoms with van der Waals surface area (Å²) in [6.45, 7) is 1.68. The maximum Gasteiger partial charge on any atom is 0.319 e. The zero-order valence-electron chi connectivity index (χ0n) is 16.8. The smallest absolute Gasteiger partial charge is 0.319 e. The summed E-state index contributed by atoms with van der Waals surface area (Å²) >= 11 is 0. The van der Waals surface area contributed by atoms with E-state index in [1.807, 2.05) is 23.1 Å². The highest BCUT2D eigenvalue weighted by atomic mass is 16.2. The van der Waals surface area contributed by atoms with Crippen LogP contribution in [0.4, 0.5) is 10.5 Å². The number of nitrogens with zero attached hydrogens (tertiary/aromatic N) is 3. The van der Waals surface area contributed by atoms with Gasteiger partial charge in [-0.05, 0) is 50.9 Å². The molecule has 1 aromatic heterocycles. The summed E-state index contributed by atoms with van der Waals surface area (Å²) < 4.78 is 0. The van der Waals surface area contributed by atoms with Crippen molar-refractivity contribution in [1.29, 1.82) is 0 Å². The van der Waals surface area contributed by atoms with Crippen molar-refractivity contribution in [2.24, 2.45) is 0 Å². The number of piperazine rings is 1. The first-order valence-electron chi connectivity index (χ1n) is 10.7. The topological polar surface area (TPSA) is 93.4 Å². The molecule has 29 heavy (non-hydrogen) atoms. The van der Waals surface area contributed by atoms with Crippen LogP contribution in [0.15, 0.2) is 18.2 Å². The van der Waals surface area contributed by atoms with Crippen molar-refractivity contribution in [3.63, 3.8) is 0 Å². The number of H-pyrrole nitrogens is 1. The second-order valence-corrected chi connectivity index (χ2v) is 8.69. The maximum atomic E-state index is 13.3. The Morgan fingerprint density at radius 2 is 1.90 bits per heavy atom. The molecule has 0 radical (unpaired) electrons. The molecule has 2 aromatic rings. The molecule has 2 bridgehead atoms. The molecule has 8 heteroatoms. The van der Waals surface area contributed by atoms with Crippen LogP contribution in [0.25, 0.3) is 10.9 Å². The van der Waals surface area contributed by atoms with Gasteiger partial charge in [-0.3, -0.25) is 14.8 Å². The standard InChI is InChI=1S/C21H28N6O2/c1-26-11-16-8-7-15(26)12-27(16)20(28)19-17-10-14(6-9-18(17)24-25-19)23-21(29)22-13-4-2-3-5-13/h6,9-10,13,15-16H,2-5,7-8,11-12H2,1H3,(H,24,25)(H2,22,23,29). The molecular weight excluding hydrogens is 368 g/mol. The number of rotatable bonds is 3. The third-order valence-electron chi connectivity index (χ3n) is 6.78. The number of hydrogen-bond acceptors (Lipinski definition) is 4. The number of hydrogen-bond donors (Lipinski definition) is 3. The number of benzene rings is 1. The van der Waals surface area contributed by atoms with Crippen molar-refractivity contribution in [2.45, 2.75) is 56.7 Å². The number of carbonyl (C=O) groups is 2. The summed E-state index contributed by atoms with van der Waals surface area (Å²) in [6, 6.07) is 6.30. The lowest BCUT2D eigenvalue weighted by Crippen LogP contribution is -2.62. The Kier molecular flexibility index (Phi) is 4.66. The summed E-state index contributed by atoms with van der Waals surface area (Å²) in [5, 5.41) is 14.0. The van der Waals surface area contributed by atoms with Crippen molar-refractivity contribution in [2.75, 3.05) is 25.5 Å². The molecular formula is C21H28N6O2. The monoisotopic (exact) mass is 396 g/mol. The minimum Gasteiger partial charge on any atom is -0.335 e. The van der Waals surface area contributed by atoms with E-state index >= 15 is 0 Å². The van der Waals surface area contributed by atoms with Gasteiger partial charge in [-0.1, -0.05) is 12.8 Å². The zero-order valence-corrected chi connectivity index (χ0v) is 16.8. The predicted octanol–water partition coefficient (Wildman–Crippen LogP) is 2.55. The van der Waals surface area contributed by atoms with Crippen molar-refractivity contribution < 1.29 is 9.59 Å². The average Bonchev–Trinajstić information content (AvgIpc) is 3.37. The van der Waals surface area contributed by atoms with E-state index in [1.54, 1.807) is 0 Å². The van der Waals surface area contributed by atoms with Crippen LogP contribution in [-0.2, 0) is 0 Å². The number of anilines is 1. The van der Waals surface area contributed by atoms with E-state index in [4.69, 9.17) is 0 Å². The highest BCUT2D eigenvalue weighted by molar-refractivity contribution is 6.06. The number of aromatic amines is 1. The summed E-state index contributed by atoms with van der Waals surface area (Å²) in [5.41, 5.74) is 1.91. The number of nitrogens with one attached hydrogen (secondary N) is 3. The Hall–Kier alpha value is -2.61. The minimum atomic E-state index is -0.191. The summed E-state index contributed by atoms with van der Waals surface area (Å²) in [4.78, 5) is 29.9. The Morgan fingerprint density at radius 3 is 2.62 bits per heavy atom. The van der Waals surface area contributed by atoms with Gasteiger partial charge in [-0.25, -0.2) is 4.79 Å². The van der Waals surface area contributed by atoms with Crippen LogP contribution >= 0.6 is 0 Å². The van der Waals surface area contributed by atoms with E-state index in [2.05, 4.69) is 32.8 Å². The SMILES string of the molecule is CN1CC2CCC1CN2C(=O)c1n[nH]c2ccc(NC(=O)NC3CCCC3)cc12. The lowest BCUT2D eigenvalue weighted by atomic mass is 9.91. The van der Waals surface area contributed by atoms with E-state index in [-0.39, 0.29) is 24.0 Å². The lowest BCUT2D eigenvalue weighted by molar-refractivity contribution is -0.000328. The van der Waals surface area contributed by atoms with Gasteiger partial charge in [0.25, 0.3) is 5.91 Å². The van der Waals surface area contributed by atoms with Crippen molar-refractivity contribution >= 4 is 28.5 Å². The molecule has 1 aliphatic carbocycles. The molecule has 8 nitrogen and oxygen atoms in total. The molecule has 1 saturated carbocycles. The lowest BCUT2D eigenvalue weighted by Gasteiger charge is -2.50. The Morgan fingerprint density at radius 1 is 1.10 bits per heavy atom. The number of amides is 3. The van der Waals surface area contributed by atoms with Gasteiger partial charge in [-0.2, -0.15) is 5.10 Å². The molecule has 0 spiro atoms. The molecule has 3 saturated heterocycles. The molecule has 1 aromatic carbocycles. The molecule has 4 aliphatic rings. The highest BCUT2D eigenvalue weighted by Crippen LogP contribution is 2.30. The third kappa shape index (κ3) is 3.46. The van der Waals surface area contributed by atoms with Crippen LogP contribution < -0.4 is 10.6 Å². The van der Waals surface area contributed by atoms with Gasteiger partial charge in [0.2, 0.25) is 0 Å². The van der Waals surface area contributed by atoms with Crippen molar-refractivity contribution in [3.05, 3.63) is 23.9 Å². The van der Waals surface area contributed by atoms with E-state index in [9.17, 15) is 9.59 Å². The molecule has 4 heterocycles. The number of urea groups is 1. The van der Waals surface area contributed by atoms with Crippen LogP contribution in [-0.4, -0.2) is 70.2 Å². The second-order valence-electron chi connectivity index (χ2n) is 8.69. The van der Waals surface area contributed by atoms with Gasteiger partial charge < -0.3 is 15.5 Å². The first-order chi connectivity index (χ1) is 14.1. The van der Waals surface area contributed by atoms with Crippen LogP contribution in [0.1, 0.15) is 49.0 Å². The van der Waals surface area contributed by atoms with Crippen LogP contribution in [0, 0.1) is 0 Å². The fraction of sp³-hybridized carbons (Fsp3) is 0.571. The first-order valence-corrected chi connectivity index (χ1v) is 10.7. The van der Waals surface area contributed by atoms with Gasteiger partial charge in [0.1, 0.15) is 0 Å². The van der Waals surface area contributed by atoms with Gasteiger partial charge in [0.15, 0.2) is 5.69 Å². The number of carbonyl (C=O) groups excluding carboxylic acids is 2. The fourth-order valence-electron chi connectivity index (χ4n) is 5.10. The molecule has 3 N–H and O–H groups in total. The Balaban J connectivity index is 1.34. The van der Waals surface area contributed by atoms with Gasteiger partial charge >= 0.3 is 6.03 Å². The molecule has 154 valence electrons. The summed E-state index contributed by atoms with van der Waals surface area (Å²) in [7, 11) is 2.14. The highest BCUT2D eigenvalue weighted by Gasteiger charge is 2.40. The van der Waals surface area contributed by atoms with Crippen LogP contribution in [0.3, 0.4) is 0 Å². The molecule has 2 unspecified atom stereocenters. The van der Waals surface area contributed by atoms with Crippen molar-refractivity contribution in [3.8, 4) is 0 Å². The Bertz CT molecular complexity index is 934. The fourth-order valence-corrected chi connectivity index (χ4v) is 5.10. The molecule has 2 atom stereocenters. The third-order valence-corrected chi connectivity index (χ3v) is 6.78. The molecule has 4 fully saturated rings. The second kappa shape index (κ2) is 7.33. The zero-order chi connectivity index (χ0) is 20.0. The first kappa shape index (κ1) is 18.4. The van der Waals surface area contributed by atoms with Gasteiger partial charge in [-0.15, -0.1) is 0 Å². The molecule has 3 aliphatic heterocycles. The van der Waals surface area contributed by atoms with E-state index in [0.717, 1.165) is 49.7 Å². The quantitative estimate of drug-likeness (QED) is 0.743.